The van der Waals surface area contributed by atoms with E-state index >= 15 is 0 Å². The summed E-state index contributed by atoms with van der Waals surface area (Å²) in [5.74, 6) is 0.00966. The zero-order valence-corrected chi connectivity index (χ0v) is 20.1. The maximum absolute atomic E-state index is 14.8. The molecule has 3 unspecified atom stereocenters. The second-order valence-electron chi connectivity index (χ2n) is 10.2. The Morgan fingerprint density at radius 2 is 1.86 bits per heavy atom. The monoisotopic (exact) mass is 504 g/mol. The number of carbonyl (C=O) groups is 2. The van der Waals surface area contributed by atoms with E-state index in [4.69, 9.17) is 4.74 Å². The van der Waals surface area contributed by atoms with Gasteiger partial charge in [-0.2, -0.15) is 13.2 Å². The van der Waals surface area contributed by atoms with Crippen LogP contribution in [0.4, 0.5) is 17.6 Å². The summed E-state index contributed by atoms with van der Waals surface area (Å²) >= 11 is 0. The smallest absolute Gasteiger partial charge is 0.426 e. The van der Waals surface area contributed by atoms with Crippen LogP contribution in [0.3, 0.4) is 0 Å². The number of rotatable bonds is 4. The molecule has 2 aromatic carbocycles. The molecule has 9 heteroatoms. The Morgan fingerprint density at radius 1 is 1.14 bits per heavy atom. The molecule has 2 amide bonds. The predicted molar refractivity (Wildman–Crippen MR) is 124 cm³/mol. The van der Waals surface area contributed by atoms with Gasteiger partial charge in [-0.1, -0.05) is 42.5 Å². The van der Waals surface area contributed by atoms with Gasteiger partial charge >= 0.3 is 6.18 Å². The van der Waals surface area contributed by atoms with Gasteiger partial charge in [0.2, 0.25) is 17.5 Å². The molecule has 4 atom stereocenters. The predicted octanol–water partition coefficient (Wildman–Crippen LogP) is 4.53. The summed E-state index contributed by atoms with van der Waals surface area (Å²) in [5, 5.41) is 0. The third-order valence-corrected chi connectivity index (χ3v) is 8.23. The van der Waals surface area contributed by atoms with Crippen molar-refractivity contribution in [2.24, 2.45) is 0 Å². The van der Waals surface area contributed by atoms with E-state index in [0.717, 1.165) is 11.6 Å². The first-order valence-corrected chi connectivity index (χ1v) is 12.1. The lowest BCUT2D eigenvalue weighted by Gasteiger charge is -2.44. The molecule has 5 nitrogen and oxygen atoms in total. The first-order valence-electron chi connectivity index (χ1n) is 12.1. The molecule has 0 spiro atoms. The van der Waals surface area contributed by atoms with Crippen LogP contribution in [0, 0.1) is 0 Å². The van der Waals surface area contributed by atoms with Crippen molar-refractivity contribution in [3.8, 4) is 5.75 Å². The number of likely N-dealkylation sites (tertiary alicyclic amines) is 2. The Hall–Kier alpha value is -3.10. The van der Waals surface area contributed by atoms with Crippen molar-refractivity contribution in [3.63, 3.8) is 0 Å². The zero-order valence-electron chi connectivity index (χ0n) is 20.1. The number of halogens is 4. The van der Waals surface area contributed by atoms with Gasteiger partial charge in [0.25, 0.3) is 0 Å². The lowest BCUT2D eigenvalue weighted by Crippen LogP contribution is -2.55. The molecule has 2 saturated heterocycles. The Bertz CT molecular complexity index is 1180. The largest absolute Gasteiger partial charge is 0.491 e. The molecule has 0 aliphatic carbocycles. The standard InChI is InChI=1S/C27H28F4N2O3/c1-25(28,27(29,30)31)18-8-9-19-21(14-18)36-16-22-26(19,15-17-6-4-3-5-7-17)12-13-33(22)24(35)20-10-11-23(34)32(20)2/h3-9,14,20,22H,10-13,15-16H2,1-2H3/t20-,22?,25?,26?/m0/s1. The van der Waals surface area contributed by atoms with Crippen molar-refractivity contribution in [2.75, 3.05) is 20.2 Å². The van der Waals surface area contributed by atoms with Gasteiger partial charge in [0.1, 0.15) is 18.4 Å². The molecule has 0 N–H and O–H groups in total. The molecule has 0 radical (unpaired) electrons. The van der Waals surface area contributed by atoms with E-state index in [1.54, 1.807) is 11.9 Å². The Balaban J connectivity index is 1.55. The number of ether oxygens (including phenoxy) is 1. The van der Waals surface area contributed by atoms with Crippen LogP contribution in [0.1, 0.15) is 42.9 Å². The number of fused-ring (bicyclic) bond motifs is 3. The highest BCUT2D eigenvalue weighted by Gasteiger charge is 2.57. The summed E-state index contributed by atoms with van der Waals surface area (Å²) in [4.78, 5) is 28.9. The summed E-state index contributed by atoms with van der Waals surface area (Å²) in [6.07, 6.45) is -3.17. The molecule has 3 aliphatic rings. The summed E-state index contributed by atoms with van der Waals surface area (Å²) in [6, 6.07) is 12.6. The van der Waals surface area contributed by atoms with E-state index < -0.39 is 28.9 Å². The van der Waals surface area contributed by atoms with Crippen molar-refractivity contribution in [1.29, 1.82) is 0 Å². The summed E-state index contributed by atoms with van der Waals surface area (Å²) in [7, 11) is 1.63. The lowest BCUT2D eigenvalue weighted by molar-refractivity contribution is -0.228. The zero-order chi connectivity index (χ0) is 25.9. The molecule has 2 aromatic rings. The summed E-state index contributed by atoms with van der Waals surface area (Å²) in [6.45, 7) is 1.02. The number of hydrogen-bond donors (Lipinski definition) is 0. The van der Waals surface area contributed by atoms with Crippen LogP contribution in [0.15, 0.2) is 48.5 Å². The molecule has 192 valence electrons. The van der Waals surface area contributed by atoms with Crippen molar-refractivity contribution < 1.29 is 31.9 Å². The summed E-state index contributed by atoms with van der Waals surface area (Å²) < 4.78 is 60.8. The van der Waals surface area contributed by atoms with Crippen LogP contribution < -0.4 is 4.74 Å². The maximum atomic E-state index is 14.8. The van der Waals surface area contributed by atoms with Gasteiger partial charge in [-0.25, -0.2) is 4.39 Å². The van der Waals surface area contributed by atoms with Crippen LogP contribution in [0.5, 0.6) is 5.75 Å². The third-order valence-electron chi connectivity index (χ3n) is 8.23. The fourth-order valence-electron chi connectivity index (χ4n) is 5.99. The topological polar surface area (TPSA) is 49.9 Å². The first-order chi connectivity index (χ1) is 17.0. The number of hydrogen-bond acceptors (Lipinski definition) is 3. The highest BCUT2D eigenvalue weighted by molar-refractivity contribution is 5.91. The van der Waals surface area contributed by atoms with E-state index in [1.165, 1.54) is 17.0 Å². The maximum Gasteiger partial charge on any atom is 0.426 e. The van der Waals surface area contributed by atoms with E-state index in [0.29, 0.717) is 44.7 Å². The number of amides is 2. The average Bonchev–Trinajstić information content (AvgIpc) is 3.38. The number of benzene rings is 2. The number of alkyl halides is 4. The minimum absolute atomic E-state index is 0.0696. The van der Waals surface area contributed by atoms with Crippen LogP contribution in [0.2, 0.25) is 0 Å². The van der Waals surface area contributed by atoms with Crippen LogP contribution in [-0.2, 0) is 27.1 Å². The molecule has 3 aliphatic heterocycles. The Kier molecular flexibility index (Phi) is 5.80. The minimum Gasteiger partial charge on any atom is -0.491 e. The Labute approximate surface area is 207 Å². The minimum atomic E-state index is -5.07. The number of likely N-dealkylation sites (N-methyl/N-ethyl adjacent to an activating group) is 1. The normalized spacial score (nSPS) is 27.3. The number of nitrogens with zero attached hydrogens (tertiary/aromatic N) is 2. The van der Waals surface area contributed by atoms with E-state index in [-0.39, 0.29) is 30.2 Å². The SMILES string of the molecule is CN1C(=O)CC[C@H]1C(=O)N1CCC2(Cc3ccccc3)c3ccc(C(C)(F)C(F)(F)F)cc3OCC12. The van der Waals surface area contributed by atoms with Gasteiger partial charge in [0.05, 0.1) is 6.04 Å². The van der Waals surface area contributed by atoms with Gasteiger partial charge in [-0.3, -0.25) is 9.59 Å². The fourth-order valence-corrected chi connectivity index (χ4v) is 5.99. The fraction of sp³-hybridized carbons (Fsp3) is 0.481. The second-order valence-corrected chi connectivity index (χ2v) is 10.2. The molecule has 36 heavy (non-hydrogen) atoms. The van der Waals surface area contributed by atoms with Crippen LogP contribution >= 0.6 is 0 Å². The molecule has 0 aromatic heterocycles. The second kappa shape index (κ2) is 8.49. The van der Waals surface area contributed by atoms with Gasteiger partial charge in [0, 0.05) is 36.6 Å². The van der Waals surface area contributed by atoms with E-state index in [2.05, 4.69) is 0 Å². The molecule has 2 fully saturated rings. The van der Waals surface area contributed by atoms with Crippen molar-refractivity contribution in [2.45, 2.75) is 62.0 Å². The highest BCUT2D eigenvalue weighted by atomic mass is 19.4. The molecule has 3 heterocycles. The number of carbonyl (C=O) groups excluding carboxylic acids is 2. The third kappa shape index (κ3) is 3.74. The van der Waals surface area contributed by atoms with Gasteiger partial charge in [0.15, 0.2) is 0 Å². The quantitative estimate of drug-likeness (QED) is 0.575. The highest BCUT2D eigenvalue weighted by Crippen LogP contribution is 2.51. The molecule has 5 rings (SSSR count). The van der Waals surface area contributed by atoms with Gasteiger partial charge in [-0.05, 0) is 37.8 Å². The average molecular weight is 505 g/mol. The van der Waals surface area contributed by atoms with Gasteiger partial charge < -0.3 is 14.5 Å². The first kappa shape index (κ1) is 24.6. The lowest BCUT2D eigenvalue weighted by atomic mass is 9.68. The van der Waals surface area contributed by atoms with Crippen molar-refractivity contribution >= 4 is 11.8 Å². The molecular formula is C27H28F4N2O3. The van der Waals surface area contributed by atoms with Crippen LogP contribution in [-0.4, -0.2) is 60.1 Å². The van der Waals surface area contributed by atoms with Crippen molar-refractivity contribution in [1.82, 2.24) is 9.80 Å². The molecule has 0 saturated carbocycles. The Morgan fingerprint density at radius 3 is 2.50 bits per heavy atom. The van der Waals surface area contributed by atoms with E-state index in [9.17, 15) is 27.2 Å². The van der Waals surface area contributed by atoms with E-state index in [1.807, 2.05) is 30.3 Å². The van der Waals surface area contributed by atoms with Gasteiger partial charge in [-0.15, -0.1) is 0 Å². The molecule has 0 bridgehead atoms. The van der Waals surface area contributed by atoms with Crippen LogP contribution in [0.25, 0.3) is 0 Å². The van der Waals surface area contributed by atoms with Crippen molar-refractivity contribution in [3.05, 3.63) is 65.2 Å². The summed E-state index contributed by atoms with van der Waals surface area (Å²) in [5.41, 5.74) is -2.96. The molecular weight excluding hydrogens is 476 g/mol.